The Morgan fingerprint density at radius 2 is 1.58 bits per heavy atom. The molecule has 0 aliphatic heterocycles. The van der Waals surface area contributed by atoms with Crippen molar-refractivity contribution in [3.8, 4) is 0 Å². The molecule has 0 bridgehead atoms. The van der Waals surface area contributed by atoms with Crippen molar-refractivity contribution in [3.05, 3.63) is 101 Å². The summed E-state index contributed by atoms with van der Waals surface area (Å²) in [5.74, 6) is -1.07. The second-order valence-corrected chi connectivity index (χ2v) is 13.4. The third kappa shape index (κ3) is 9.15. The minimum absolute atomic E-state index is 0.0180. The Bertz CT molecular complexity index is 1540. The van der Waals surface area contributed by atoms with Crippen LogP contribution in [0, 0.1) is 0 Å². The molecule has 0 saturated heterocycles. The maximum Gasteiger partial charge on any atom is 0.244 e. The van der Waals surface area contributed by atoms with Gasteiger partial charge in [0, 0.05) is 29.6 Å². The fourth-order valence-corrected chi connectivity index (χ4v) is 6.48. The lowest BCUT2D eigenvalue weighted by molar-refractivity contribution is -0.140. The number of halogens is 1. The smallest absolute Gasteiger partial charge is 0.244 e. The van der Waals surface area contributed by atoms with Crippen LogP contribution < -0.4 is 9.62 Å². The van der Waals surface area contributed by atoms with Crippen LogP contribution in [0.2, 0.25) is 5.02 Å². The van der Waals surface area contributed by atoms with Gasteiger partial charge in [0.05, 0.1) is 11.9 Å². The van der Waals surface area contributed by atoms with E-state index in [1.807, 2.05) is 36.4 Å². The van der Waals surface area contributed by atoms with Crippen LogP contribution in [0.4, 0.5) is 5.69 Å². The fraction of sp³-hybridized carbons (Fsp3) is 0.364. The van der Waals surface area contributed by atoms with Crippen molar-refractivity contribution in [1.29, 1.82) is 0 Å². The third-order valence-electron chi connectivity index (χ3n) is 7.68. The summed E-state index contributed by atoms with van der Waals surface area (Å²) in [5.41, 5.74) is 2.08. The van der Waals surface area contributed by atoms with Gasteiger partial charge in [-0.05, 0) is 55.2 Å². The normalized spacial score (nSPS) is 14.5. The van der Waals surface area contributed by atoms with Crippen LogP contribution in [0.3, 0.4) is 0 Å². The summed E-state index contributed by atoms with van der Waals surface area (Å²) >= 11 is 6.28. The average molecular weight is 624 g/mol. The lowest BCUT2D eigenvalue weighted by Crippen LogP contribution is -2.55. The van der Waals surface area contributed by atoms with E-state index in [2.05, 4.69) is 5.32 Å². The highest BCUT2D eigenvalue weighted by atomic mass is 35.5. The van der Waals surface area contributed by atoms with Crippen LogP contribution >= 0.6 is 11.6 Å². The van der Waals surface area contributed by atoms with Crippen LogP contribution in [0.1, 0.15) is 60.5 Å². The predicted molar refractivity (Wildman–Crippen MR) is 170 cm³/mol. The number of sulfonamides is 1. The lowest BCUT2D eigenvalue weighted by Gasteiger charge is -2.35. The van der Waals surface area contributed by atoms with E-state index in [1.165, 1.54) is 17.9 Å². The van der Waals surface area contributed by atoms with Crippen LogP contribution in [-0.2, 0) is 32.6 Å². The van der Waals surface area contributed by atoms with Gasteiger partial charge in [0.1, 0.15) is 12.6 Å². The quantitative estimate of drug-likeness (QED) is 0.272. The molecule has 1 fully saturated rings. The number of carbonyl (C=O) groups is 3. The first-order valence-corrected chi connectivity index (χ1v) is 16.7. The number of rotatable bonds is 12. The molecule has 0 spiro atoms. The number of nitrogens with one attached hydrogen (secondary N) is 1. The van der Waals surface area contributed by atoms with Crippen LogP contribution in [0.5, 0.6) is 0 Å². The largest absolute Gasteiger partial charge is 0.352 e. The van der Waals surface area contributed by atoms with Gasteiger partial charge in [-0.25, -0.2) is 8.42 Å². The van der Waals surface area contributed by atoms with Gasteiger partial charge in [0.15, 0.2) is 5.78 Å². The Kier molecular flexibility index (Phi) is 11.0. The molecule has 1 aliphatic rings. The number of amides is 2. The van der Waals surface area contributed by atoms with E-state index in [0.29, 0.717) is 16.1 Å². The van der Waals surface area contributed by atoms with Crippen molar-refractivity contribution in [2.24, 2.45) is 0 Å². The molecule has 1 aliphatic carbocycles. The molecule has 0 aromatic heterocycles. The van der Waals surface area contributed by atoms with Crippen molar-refractivity contribution < 1.29 is 22.8 Å². The number of carbonyl (C=O) groups excluding carboxylic acids is 3. The molecule has 1 atom stereocenters. The number of nitrogens with zero attached hydrogens (tertiary/aromatic N) is 2. The van der Waals surface area contributed by atoms with E-state index >= 15 is 0 Å². The summed E-state index contributed by atoms with van der Waals surface area (Å²) in [7, 11) is -3.94. The van der Waals surface area contributed by atoms with E-state index in [0.717, 1.165) is 48.2 Å². The molecule has 4 rings (SSSR count). The van der Waals surface area contributed by atoms with Crippen molar-refractivity contribution in [2.75, 3.05) is 17.1 Å². The molecular weight excluding hydrogens is 586 g/mol. The summed E-state index contributed by atoms with van der Waals surface area (Å²) in [6.07, 6.45) is 6.19. The van der Waals surface area contributed by atoms with Crippen molar-refractivity contribution in [3.63, 3.8) is 0 Å². The molecule has 3 aromatic rings. The topological polar surface area (TPSA) is 104 Å². The molecule has 0 unspecified atom stereocenters. The molecule has 43 heavy (non-hydrogen) atoms. The van der Waals surface area contributed by atoms with Gasteiger partial charge in [0.25, 0.3) is 0 Å². The minimum atomic E-state index is -3.94. The number of ketones is 1. The van der Waals surface area contributed by atoms with Gasteiger partial charge in [0.2, 0.25) is 21.8 Å². The molecule has 3 aromatic carbocycles. The molecule has 1 saturated carbocycles. The van der Waals surface area contributed by atoms with E-state index in [9.17, 15) is 22.8 Å². The number of benzene rings is 3. The highest BCUT2D eigenvalue weighted by Crippen LogP contribution is 2.23. The van der Waals surface area contributed by atoms with Crippen LogP contribution in [-0.4, -0.2) is 55.8 Å². The number of Topliss-reactive ketones (excluding diaryl/α,β-unsaturated/α-hetero) is 1. The molecule has 2 amide bonds. The first-order chi connectivity index (χ1) is 20.5. The lowest BCUT2D eigenvalue weighted by atomic mass is 9.94. The average Bonchev–Trinajstić information content (AvgIpc) is 2.98. The summed E-state index contributed by atoms with van der Waals surface area (Å²) in [5, 5.41) is 3.66. The van der Waals surface area contributed by atoms with Gasteiger partial charge in [-0.15, -0.1) is 0 Å². The standard InChI is InChI=1S/C33H38ClN3O5S/c1-24(38)27-14-10-18-30(21-27)37(43(2,41)42)23-32(39)36(22-26-13-9-15-28(34)19-26)31(20-25-11-5-3-6-12-25)33(40)35-29-16-7-4-8-17-29/h3,5-6,9-15,18-19,21,29,31H,4,7-8,16-17,20,22-23H2,1-2H3,(H,35,40)/t31-/m1/s1. The Labute approximate surface area is 259 Å². The Hall–Kier alpha value is -3.69. The molecule has 228 valence electrons. The number of hydrogen-bond donors (Lipinski definition) is 1. The predicted octanol–water partition coefficient (Wildman–Crippen LogP) is 5.40. The maximum absolute atomic E-state index is 14.2. The Morgan fingerprint density at radius 3 is 2.23 bits per heavy atom. The summed E-state index contributed by atoms with van der Waals surface area (Å²) in [6.45, 7) is 0.879. The van der Waals surface area contributed by atoms with E-state index in [-0.39, 0.29) is 36.4 Å². The van der Waals surface area contributed by atoms with Crippen molar-refractivity contribution in [1.82, 2.24) is 10.2 Å². The zero-order chi connectivity index (χ0) is 31.0. The monoisotopic (exact) mass is 623 g/mol. The number of hydrogen-bond acceptors (Lipinski definition) is 5. The zero-order valence-electron chi connectivity index (χ0n) is 24.5. The second kappa shape index (κ2) is 14.7. The van der Waals surface area contributed by atoms with Crippen LogP contribution in [0.15, 0.2) is 78.9 Å². The van der Waals surface area contributed by atoms with Gasteiger partial charge in [-0.2, -0.15) is 0 Å². The summed E-state index contributed by atoms with van der Waals surface area (Å²) < 4.78 is 27.0. The van der Waals surface area contributed by atoms with E-state index in [1.54, 1.807) is 36.4 Å². The van der Waals surface area contributed by atoms with Crippen molar-refractivity contribution >= 4 is 44.9 Å². The second-order valence-electron chi connectivity index (χ2n) is 11.1. The van der Waals surface area contributed by atoms with Gasteiger partial charge >= 0.3 is 0 Å². The Morgan fingerprint density at radius 1 is 0.907 bits per heavy atom. The summed E-state index contributed by atoms with van der Waals surface area (Å²) in [4.78, 5) is 41.7. The first kappa shape index (κ1) is 32.2. The highest BCUT2D eigenvalue weighted by Gasteiger charge is 2.34. The third-order valence-corrected chi connectivity index (χ3v) is 9.06. The van der Waals surface area contributed by atoms with Crippen molar-refractivity contribution in [2.45, 2.75) is 64.1 Å². The number of anilines is 1. The molecule has 0 heterocycles. The van der Waals surface area contributed by atoms with Gasteiger partial charge in [-0.1, -0.05) is 85.5 Å². The SMILES string of the molecule is CC(=O)c1cccc(N(CC(=O)N(Cc2cccc(Cl)c2)[C@H](Cc2ccccc2)C(=O)NC2CCCCC2)S(C)(=O)=O)c1. The zero-order valence-corrected chi connectivity index (χ0v) is 26.1. The fourth-order valence-electron chi connectivity index (χ4n) is 5.42. The van der Waals surface area contributed by atoms with E-state index < -0.39 is 28.5 Å². The van der Waals surface area contributed by atoms with Gasteiger partial charge in [-0.3, -0.25) is 18.7 Å². The highest BCUT2D eigenvalue weighted by molar-refractivity contribution is 7.92. The molecular formula is C33H38ClN3O5S. The van der Waals surface area contributed by atoms with Crippen LogP contribution in [0.25, 0.3) is 0 Å². The first-order valence-electron chi connectivity index (χ1n) is 14.5. The summed E-state index contributed by atoms with van der Waals surface area (Å²) in [6, 6.07) is 21.7. The molecule has 10 heteroatoms. The molecule has 1 N–H and O–H groups in total. The van der Waals surface area contributed by atoms with E-state index in [4.69, 9.17) is 11.6 Å². The van der Waals surface area contributed by atoms with Gasteiger partial charge < -0.3 is 10.2 Å². The minimum Gasteiger partial charge on any atom is -0.352 e. The molecule has 0 radical (unpaired) electrons. The molecule has 8 nitrogen and oxygen atoms in total. The maximum atomic E-state index is 14.2. The Balaban J connectivity index is 1.73.